The number of thiophene rings is 1. The molecule has 68 valence electrons. The first-order chi connectivity index (χ1) is 6.42. The highest BCUT2D eigenvalue weighted by atomic mass is 32.1. The Labute approximate surface area is 80.8 Å². The SMILES string of the molecule is NCCn1cncc1-c1cccs1. The minimum absolute atomic E-state index is 0.648. The lowest BCUT2D eigenvalue weighted by atomic mass is 10.3. The molecule has 0 aliphatic heterocycles. The summed E-state index contributed by atoms with van der Waals surface area (Å²) in [5.41, 5.74) is 6.65. The van der Waals surface area contributed by atoms with Gasteiger partial charge in [0.1, 0.15) is 0 Å². The van der Waals surface area contributed by atoms with Gasteiger partial charge in [-0.3, -0.25) is 0 Å². The average Bonchev–Trinajstić information content (AvgIpc) is 2.71. The zero-order valence-electron chi connectivity index (χ0n) is 7.18. The van der Waals surface area contributed by atoms with Crippen LogP contribution < -0.4 is 5.73 Å². The highest BCUT2D eigenvalue weighted by Crippen LogP contribution is 2.23. The lowest BCUT2D eigenvalue weighted by molar-refractivity contribution is 0.714. The van der Waals surface area contributed by atoms with Crippen LogP contribution in [0.25, 0.3) is 10.6 Å². The molecule has 0 spiro atoms. The van der Waals surface area contributed by atoms with E-state index in [0.717, 1.165) is 12.2 Å². The maximum absolute atomic E-state index is 5.50. The van der Waals surface area contributed by atoms with Crippen molar-refractivity contribution >= 4 is 11.3 Å². The van der Waals surface area contributed by atoms with Gasteiger partial charge in [0.25, 0.3) is 0 Å². The molecule has 0 fully saturated rings. The normalized spacial score (nSPS) is 10.5. The third-order valence-electron chi connectivity index (χ3n) is 1.86. The van der Waals surface area contributed by atoms with Gasteiger partial charge >= 0.3 is 0 Å². The molecule has 2 aromatic rings. The summed E-state index contributed by atoms with van der Waals surface area (Å²) in [4.78, 5) is 5.35. The van der Waals surface area contributed by atoms with Crippen LogP contribution in [0, 0.1) is 0 Å². The van der Waals surface area contributed by atoms with Gasteiger partial charge in [-0.05, 0) is 11.4 Å². The molecule has 0 radical (unpaired) electrons. The fourth-order valence-electron chi connectivity index (χ4n) is 1.27. The smallest absolute Gasteiger partial charge is 0.0951 e. The summed E-state index contributed by atoms with van der Waals surface area (Å²) in [6.45, 7) is 1.47. The minimum atomic E-state index is 0.648. The molecule has 0 bridgehead atoms. The maximum atomic E-state index is 5.50. The van der Waals surface area contributed by atoms with E-state index in [1.807, 2.05) is 18.6 Å². The number of nitrogens with two attached hydrogens (primary N) is 1. The Morgan fingerprint density at radius 1 is 1.54 bits per heavy atom. The molecule has 0 saturated heterocycles. The van der Waals surface area contributed by atoms with Gasteiger partial charge in [-0.25, -0.2) is 4.98 Å². The third-order valence-corrected chi connectivity index (χ3v) is 2.75. The zero-order valence-corrected chi connectivity index (χ0v) is 8.00. The van der Waals surface area contributed by atoms with Gasteiger partial charge in [0.2, 0.25) is 0 Å². The maximum Gasteiger partial charge on any atom is 0.0951 e. The van der Waals surface area contributed by atoms with E-state index in [0.29, 0.717) is 6.54 Å². The molecule has 0 amide bonds. The summed E-state index contributed by atoms with van der Waals surface area (Å²) >= 11 is 1.72. The van der Waals surface area contributed by atoms with Crippen LogP contribution in [0.1, 0.15) is 0 Å². The largest absolute Gasteiger partial charge is 0.329 e. The van der Waals surface area contributed by atoms with Crippen molar-refractivity contribution in [3.8, 4) is 10.6 Å². The van der Waals surface area contributed by atoms with Crippen LogP contribution in [0.3, 0.4) is 0 Å². The Bertz CT molecular complexity index is 364. The first-order valence-corrected chi connectivity index (χ1v) is 5.04. The molecule has 2 N–H and O–H groups in total. The number of aromatic nitrogens is 2. The molecule has 0 atom stereocenters. The van der Waals surface area contributed by atoms with E-state index in [-0.39, 0.29) is 0 Å². The summed E-state index contributed by atoms with van der Waals surface area (Å²) in [6.07, 6.45) is 3.70. The Morgan fingerprint density at radius 3 is 3.15 bits per heavy atom. The van der Waals surface area contributed by atoms with Crippen molar-refractivity contribution < 1.29 is 0 Å². The van der Waals surface area contributed by atoms with Crippen molar-refractivity contribution in [2.75, 3.05) is 6.54 Å². The molecule has 0 aromatic carbocycles. The van der Waals surface area contributed by atoms with Crippen molar-refractivity contribution in [2.24, 2.45) is 5.73 Å². The Hall–Kier alpha value is -1.13. The third kappa shape index (κ3) is 1.64. The second kappa shape index (κ2) is 3.72. The Kier molecular flexibility index (Phi) is 2.42. The van der Waals surface area contributed by atoms with E-state index >= 15 is 0 Å². The topological polar surface area (TPSA) is 43.8 Å². The number of nitrogens with zero attached hydrogens (tertiary/aromatic N) is 2. The van der Waals surface area contributed by atoms with Gasteiger partial charge in [-0.15, -0.1) is 11.3 Å². The Morgan fingerprint density at radius 2 is 2.46 bits per heavy atom. The van der Waals surface area contributed by atoms with Crippen molar-refractivity contribution in [3.63, 3.8) is 0 Å². The van der Waals surface area contributed by atoms with E-state index in [4.69, 9.17) is 5.73 Å². The van der Waals surface area contributed by atoms with Gasteiger partial charge in [-0.1, -0.05) is 6.07 Å². The summed E-state index contributed by atoms with van der Waals surface area (Å²) < 4.78 is 2.08. The number of hydrogen-bond donors (Lipinski definition) is 1. The van der Waals surface area contributed by atoms with Crippen molar-refractivity contribution in [1.29, 1.82) is 0 Å². The molecule has 0 saturated carbocycles. The molecular formula is C9H11N3S. The van der Waals surface area contributed by atoms with Crippen LogP contribution in [-0.2, 0) is 6.54 Å². The summed E-state index contributed by atoms with van der Waals surface area (Å²) in [5.74, 6) is 0. The first-order valence-electron chi connectivity index (χ1n) is 4.16. The van der Waals surface area contributed by atoms with E-state index in [9.17, 15) is 0 Å². The highest BCUT2D eigenvalue weighted by molar-refractivity contribution is 7.13. The van der Waals surface area contributed by atoms with E-state index in [2.05, 4.69) is 21.0 Å². The van der Waals surface area contributed by atoms with Crippen LogP contribution >= 0.6 is 11.3 Å². The second-order valence-electron chi connectivity index (χ2n) is 2.74. The molecule has 2 rings (SSSR count). The zero-order chi connectivity index (χ0) is 9.10. The molecule has 3 nitrogen and oxygen atoms in total. The first kappa shape index (κ1) is 8.47. The highest BCUT2D eigenvalue weighted by Gasteiger charge is 2.04. The van der Waals surface area contributed by atoms with Crippen LogP contribution in [-0.4, -0.2) is 16.1 Å². The summed E-state index contributed by atoms with van der Waals surface area (Å²) in [7, 11) is 0. The van der Waals surface area contributed by atoms with Crippen molar-refractivity contribution in [3.05, 3.63) is 30.0 Å². The molecule has 13 heavy (non-hydrogen) atoms. The number of hydrogen-bond acceptors (Lipinski definition) is 3. The van der Waals surface area contributed by atoms with Crippen molar-refractivity contribution in [2.45, 2.75) is 6.54 Å². The van der Waals surface area contributed by atoms with Crippen LogP contribution in [0.15, 0.2) is 30.0 Å². The van der Waals surface area contributed by atoms with Crippen LogP contribution in [0.5, 0.6) is 0 Å². The predicted molar refractivity (Wildman–Crippen MR) is 54.6 cm³/mol. The van der Waals surface area contributed by atoms with Crippen LogP contribution in [0.2, 0.25) is 0 Å². The standard InChI is InChI=1S/C9H11N3S/c10-3-4-12-7-11-6-8(12)9-2-1-5-13-9/h1-2,5-7H,3-4,10H2. The van der Waals surface area contributed by atoms with Gasteiger partial charge in [-0.2, -0.15) is 0 Å². The quantitative estimate of drug-likeness (QED) is 0.804. The van der Waals surface area contributed by atoms with Crippen molar-refractivity contribution in [1.82, 2.24) is 9.55 Å². The molecule has 0 unspecified atom stereocenters. The lowest BCUT2D eigenvalue weighted by Crippen LogP contribution is -2.09. The summed E-state index contributed by atoms with van der Waals surface area (Å²) in [6, 6.07) is 4.13. The second-order valence-corrected chi connectivity index (χ2v) is 3.69. The van der Waals surface area contributed by atoms with Crippen LogP contribution in [0.4, 0.5) is 0 Å². The number of imidazole rings is 1. The molecule has 2 heterocycles. The minimum Gasteiger partial charge on any atom is -0.329 e. The molecule has 2 aromatic heterocycles. The number of rotatable bonds is 3. The van der Waals surface area contributed by atoms with E-state index in [1.165, 1.54) is 4.88 Å². The average molecular weight is 193 g/mol. The van der Waals surface area contributed by atoms with E-state index < -0.39 is 0 Å². The molecule has 0 aliphatic rings. The monoisotopic (exact) mass is 193 g/mol. The summed E-state index contributed by atoms with van der Waals surface area (Å²) in [5, 5.41) is 2.06. The fraction of sp³-hybridized carbons (Fsp3) is 0.222. The molecule has 4 heteroatoms. The predicted octanol–water partition coefficient (Wildman–Crippen LogP) is 1.57. The molecular weight excluding hydrogens is 182 g/mol. The Balaban J connectivity index is 2.35. The van der Waals surface area contributed by atoms with Gasteiger partial charge in [0.15, 0.2) is 0 Å². The van der Waals surface area contributed by atoms with Gasteiger partial charge < -0.3 is 10.3 Å². The lowest BCUT2D eigenvalue weighted by Gasteiger charge is -2.03. The van der Waals surface area contributed by atoms with Gasteiger partial charge in [0.05, 0.1) is 23.1 Å². The molecule has 0 aliphatic carbocycles. The van der Waals surface area contributed by atoms with E-state index in [1.54, 1.807) is 11.3 Å². The van der Waals surface area contributed by atoms with Gasteiger partial charge in [0, 0.05) is 13.1 Å². The fourth-order valence-corrected chi connectivity index (χ4v) is 2.02.